The molecule has 0 saturated heterocycles. The smallest absolute Gasteiger partial charge is 0.306 e. The number of carbonyl (C=O) groups is 2. The van der Waals surface area contributed by atoms with E-state index in [4.69, 9.17) is 10.8 Å². The van der Waals surface area contributed by atoms with Crippen LogP contribution in [0.25, 0.3) is 0 Å². The third kappa shape index (κ3) is 3.50. The third-order valence-electron chi connectivity index (χ3n) is 3.62. The molecule has 1 aliphatic rings. The fourth-order valence-corrected chi connectivity index (χ4v) is 2.86. The third-order valence-corrected chi connectivity index (χ3v) is 4.31. The predicted molar refractivity (Wildman–Crippen MR) is 79.4 cm³/mol. The summed E-state index contributed by atoms with van der Waals surface area (Å²) in [6.45, 7) is 0. The van der Waals surface area contributed by atoms with Crippen LogP contribution in [-0.2, 0) is 4.79 Å². The van der Waals surface area contributed by atoms with Gasteiger partial charge in [0.05, 0.1) is 5.92 Å². The van der Waals surface area contributed by atoms with Gasteiger partial charge in [0.2, 0.25) is 0 Å². The molecule has 2 unspecified atom stereocenters. The van der Waals surface area contributed by atoms with Gasteiger partial charge in [-0.25, -0.2) is 0 Å². The zero-order valence-corrected chi connectivity index (χ0v) is 12.5. The highest BCUT2D eigenvalue weighted by Gasteiger charge is 2.28. The number of carboxylic acid groups (broad SMARTS) is 1. The van der Waals surface area contributed by atoms with Gasteiger partial charge >= 0.3 is 5.97 Å². The molecule has 0 heterocycles. The minimum Gasteiger partial charge on any atom is -0.481 e. The van der Waals surface area contributed by atoms with E-state index in [0.717, 1.165) is 12.8 Å². The molecular formula is C14H17BrN2O3. The second-order valence-electron chi connectivity index (χ2n) is 5.11. The number of nitrogens with one attached hydrogen (secondary N) is 1. The summed E-state index contributed by atoms with van der Waals surface area (Å²) in [4.78, 5) is 23.1. The van der Waals surface area contributed by atoms with Crippen LogP contribution in [0.3, 0.4) is 0 Å². The number of rotatable bonds is 3. The van der Waals surface area contributed by atoms with E-state index in [9.17, 15) is 9.59 Å². The van der Waals surface area contributed by atoms with Gasteiger partial charge in [0.25, 0.3) is 5.91 Å². The summed E-state index contributed by atoms with van der Waals surface area (Å²) in [6, 6.07) is 4.92. The van der Waals surface area contributed by atoms with Gasteiger partial charge in [0.15, 0.2) is 0 Å². The lowest BCUT2D eigenvalue weighted by Gasteiger charge is -2.27. The van der Waals surface area contributed by atoms with Crippen molar-refractivity contribution in [3.8, 4) is 0 Å². The highest BCUT2D eigenvalue weighted by Crippen LogP contribution is 2.25. The Hall–Kier alpha value is -1.56. The number of amides is 1. The minimum absolute atomic E-state index is 0.0753. The van der Waals surface area contributed by atoms with E-state index in [1.54, 1.807) is 18.2 Å². The molecule has 1 saturated carbocycles. The van der Waals surface area contributed by atoms with Gasteiger partial charge in [-0.1, -0.05) is 6.42 Å². The molecule has 0 bridgehead atoms. The molecule has 1 aromatic carbocycles. The Kier molecular flexibility index (Phi) is 4.65. The number of anilines is 1. The van der Waals surface area contributed by atoms with Gasteiger partial charge in [-0.3, -0.25) is 9.59 Å². The number of benzene rings is 1. The molecule has 2 atom stereocenters. The standard InChI is InChI=1S/C14H17BrN2O3/c15-11-7-8(4-5-12(11)16)13(18)17-10-3-1-2-9(6-10)14(19)20/h4-5,7,9-10H,1-3,6,16H2,(H,17,18)(H,19,20). The van der Waals surface area contributed by atoms with Gasteiger partial charge in [-0.05, 0) is 53.4 Å². The van der Waals surface area contributed by atoms with Crippen LogP contribution >= 0.6 is 15.9 Å². The summed E-state index contributed by atoms with van der Waals surface area (Å²) in [5.74, 6) is -1.33. The first kappa shape index (κ1) is 14.8. The van der Waals surface area contributed by atoms with Gasteiger partial charge < -0.3 is 16.2 Å². The Morgan fingerprint density at radius 2 is 2.10 bits per heavy atom. The van der Waals surface area contributed by atoms with Crippen LogP contribution in [0.2, 0.25) is 0 Å². The lowest BCUT2D eigenvalue weighted by molar-refractivity contribution is -0.143. The first-order valence-electron chi connectivity index (χ1n) is 6.56. The number of hydrogen-bond donors (Lipinski definition) is 3. The van der Waals surface area contributed by atoms with Crippen molar-refractivity contribution in [1.82, 2.24) is 5.32 Å². The molecule has 0 aromatic heterocycles. The summed E-state index contributed by atoms with van der Waals surface area (Å²) in [5, 5.41) is 11.9. The molecule has 20 heavy (non-hydrogen) atoms. The van der Waals surface area contributed by atoms with Crippen LogP contribution in [0, 0.1) is 5.92 Å². The van der Waals surface area contributed by atoms with Crippen LogP contribution in [0.5, 0.6) is 0 Å². The molecule has 1 amide bonds. The molecule has 1 fully saturated rings. The zero-order valence-electron chi connectivity index (χ0n) is 10.9. The Morgan fingerprint density at radius 3 is 2.75 bits per heavy atom. The van der Waals surface area contributed by atoms with Gasteiger partial charge in [0.1, 0.15) is 0 Å². The van der Waals surface area contributed by atoms with E-state index in [0.29, 0.717) is 28.6 Å². The van der Waals surface area contributed by atoms with Crippen LogP contribution in [0.4, 0.5) is 5.69 Å². The number of halogens is 1. The highest BCUT2D eigenvalue weighted by molar-refractivity contribution is 9.10. The topological polar surface area (TPSA) is 92.4 Å². The minimum atomic E-state index is -0.779. The van der Waals surface area contributed by atoms with E-state index >= 15 is 0 Å². The fraction of sp³-hybridized carbons (Fsp3) is 0.429. The number of nitrogens with two attached hydrogens (primary N) is 1. The lowest BCUT2D eigenvalue weighted by Crippen LogP contribution is -2.39. The SMILES string of the molecule is Nc1ccc(C(=O)NC2CCCC(C(=O)O)C2)cc1Br. The number of carboxylic acids is 1. The summed E-state index contributed by atoms with van der Waals surface area (Å²) in [6.07, 6.45) is 2.84. The van der Waals surface area contributed by atoms with Gasteiger partial charge in [-0.2, -0.15) is 0 Å². The molecule has 0 aliphatic heterocycles. The van der Waals surface area contributed by atoms with Crippen molar-refractivity contribution in [2.24, 2.45) is 5.92 Å². The maximum atomic E-state index is 12.1. The average molecular weight is 341 g/mol. The van der Waals surface area contributed by atoms with E-state index < -0.39 is 5.97 Å². The average Bonchev–Trinajstić information content (AvgIpc) is 2.42. The molecule has 0 spiro atoms. The summed E-state index contributed by atoms with van der Waals surface area (Å²) in [7, 11) is 0. The number of aliphatic carboxylic acids is 1. The maximum Gasteiger partial charge on any atom is 0.306 e. The molecule has 1 aliphatic carbocycles. The van der Waals surface area contributed by atoms with Crippen molar-refractivity contribution in [2.75, 3.05) is 5.73 Å². The largest absolute Gasteiger partial charge is 0.481 e. The van der Waals surface area contributed by atoms with E-state index in [1.807, 2.05) is 0 Å². The molecule has 108 valence electrons. The Morgan fingerprint density at radius 1 is 1.35 bits per heavy atom. The monoisotopic (exact) mass is 340 g/mol. The van der Waals surface area contributed by atoms with Crippen molar-refractivity contribution in [3.05, 3.63) is 28.2 Å². The lowest BCUT2D eigenvalue weighted by atomic mass is 9.85. The number of nitrogen functional groups attached to an aromatic ring is 1. The molecule has 2 rings (SSSR count). The van der Waals surface area contributed by atoms with Crippen molar-refractivity contribution < 1.29 is 14.7 Å². The van der Waals surface area contributed by atoms with Crippen molar-refractivity contribution in [1.29, 1.82) is 0 Å². The zero-order chi connectivity index (χ0) is 14.7. The summed E-state index contributed by atoms with van der Waals surface area (Å²) < 4.78 is 0.678. The number of carbonyl (C=O) groups excluding carboxylic acids is 1. The Balaban J connectivity index is 2.00. The van der Waals surface area contributed by atoms with Crippen molar-refractivity contribution >= 4 is 33.5 Å². The quantitative estimate of drug-likeness (QED) is 0.736. The highest BCUT2D eigenvalue weighted by atomic mass is 79.9. The van der Waals surface area contributed by atoms with Crippen LogP contribution in [0.1, 0.15) is 36.0 Å². The van der Waals surface area contributed by atoms with Crippen LogP contribution < -0.4 is 11.1 Å². The van der Waals surface area contributed by atoms with Crippen LogP contribution in [-0.4, -0.2) is 23.0 Å². The van der Waals surface area contributed by atoms with Gasteiger partial charge in [0, 0.05) is 21.8 Å². The second-order valence-corrected chi connectivity index (χ2v) is 5.96. The predicted octanol–water partition coefficient (Wildman–Crippen LogP) is 2.40. The molecule has 0 radical (unpaired) electrons. The second kappa shape index (κ2) is 6.26. The molecule has 5 nitrogen and oxygen atoms in total. The Labute approximate surface area is 125 Å². The first-order chi connectivity index (χ1) is 9.47. The van der Waals surface area contributed by atoms with Crippen molar-refractivity contribution in [3.63, 3.8) is 0 Å². The summed E-state index contributed by atoms with van der Waals surface area (Å²) in [5.41, 5.74) is 6.77. The summed E-state index contributed by atoms with van der Waals surface area (Å²) >= 11 is 3.29. The molecule has 4 N–H and O–H groups in total. The van der Waals surface area contributed by atoms with Gasteiger partial charge in [-0.15, -0.1) is 0 Å². The number of hydrogen-bond acceptors (Lipinski definition) is 3. The molecular weight excluding hydrogens is 324 g/mol. The van der Waals surface area contributed by atoms with E-state index in [2.05, 4.69) is 21.2 Å². The van der Waals surface area contributed by atoms with E-state index in [-0.39, 0.29) is 17.9 Å². The van der Waals surface area contributed by atoms with Crippen molar-refractivity contribution in [2.45, 2.75) is 31.7 Å². The Bertz CT molecular complexity index is 533. The maximum absolute atomic E-state index is 12.1. The fourth-order valence-electron chi connectivity index (χ4n) is 2.48. The normalized spacial score (nSPS) is 22.2. The molecule has 1 aromatic rings. The van der Waals surface area contributed by atoms with E-state index in [1.165, 1.54) is 0 Å². The first-order valence-corrected chi connectivity index (χ1v) is 7.35. The van der Waals surface area contributed by atoms with Crippen LogP contribution in [0.15, 0.2) is 22.7 Å². The molecule has 6 heteroatoms.